The summed E-state index contributed by atoms with van der Waals surface area (Å²) in [5, 5.41) is 0.770. The molecule has 1 aromatic heterocycles. The Hall–Kier alpha value is -1.33. The van der Waals surface area contributed by atoms with Crippen molar-refractivity contribution in [2.75, 3.05) is 12.0 Å². The summed E-state index contributed by atoms with van der Waals surface area (Å²) >= 11 is 3.07. The van der Waals surface area contributed by atoms with Crippen LogP contribution in [0.4, 0.5) is 0 Å². The Kier molecular flexibility index (Phi) is 4.78. The van der Waals surface area contributed by atoms with Gasteiger partial charge in [-0.25, -0.2) is 4.98 Å². The Bertz CT molecular complexity index is 514. The van der Waals surface area contributed by atoms with Crippen LogP contribution in [0.2, 0.25) is 0 Å². The van der Waals surface area contributed by atoms with Gasteiger partial charge in [0, 0.05) is 22.9 Å². The minimum Gasteiger partial charge on any atom is -0.293 e. The van der Waals surface area contributed by atoms with Crippen molar-refractivity contribution in [2.45, 2.75) is 9.92 Å². The molecule has 2 aromatic rings. The molecule has 0 spiro atoms. The highest BCUT2D eigenvalue weighted by atomic mass is 32.2. The monoisotopic (exact) mass is 276 g/mol. The van der Waals surface area contributed by atoms with Crippen molar-refractivity contribution in [2.24, 2.45) is 0 Å². The van der Waals surface area contributed by atoms with E-state index in [1.807, 2.05) is 30.5 Å². The molecule has 0 saturated heterocycles. The predicted molar refractivity (Wildman–Crippen MR) is 75.3 cm³/mol. The minimum atomic E-state index is 0.110. The van der Waals surface area contributed by atoms with E-state index in [-0.39, 0.29) is 5.78 Å². The number of hydrogen-bond acceptors (Lipinski definition) is 5. The fraction of sp³-hybridized carbons (Fsp3) is 0.154. The Morgan fingerprint density at radius 2 is 2.00 bits per heavy atom. The lowest BCUT2D eigenvalue weighted by atomic mass is 10.1. The number of thioether (sulfide) groups is 2. The Morgan fingerprint density at radius 3 is 2.61 bits per heavy atom. The van der Waals surface area contributed by atoms with Crippen LogP contribution < -0.4 is 0 Å². The van der Waals surface area contributed by atoms with E-state index in [4.69, 9.17) is 0 Å². The molecule has 3 nitrogen and oxygen atoms in total. The smallest absolute Gasteiger partial charge is 0.173 e. The summed E-state index contributed by atoms with van der Waals surface area (Å²) in [6, 6.07) is 7.66. The van der Waals surface area contributed by atoms with Crippen molar-refractivity contribution in [3.63, 3.8) is 0 Å². The molecule has 5 heteroatoms. The first kappa shape index (κ1) is 13.1. The fourth-order valence-electron chi connectivity index (χ4n) is 1.36. The first-order valence-electron chi connectivity index (χ1n) is 5.35. The third kappa shape index (κ3) is 3.58. The number of ketones is 1. The molecule has 0 unspecified atom stereocenters. The lowest BCUT2D eigenvalue weighted by Crippen LogP contribution is -2.02. The number of benzene rings is 1. The first-order chi connectivity index (χ1) is 8.79. The van der Waals surface area contributed by atoms with Gasteiger partial charge in [0.05, 0.1) is 11.9 Å². The third-order valence-electron chi connectivity index (χ3n) is 2.30. The summed E-state index contributed by atoms with van der Waals surface area (Å²) in [6.45, 7) is 0. The van der Waals surface area contributed by atoms with Gasteiger partial charge in [0.15, 0.2) is 5.78 Å². The maximum absolute atomic E-state index is 11.9. The molecule has 0 bridgehead atoms. The first-order valence-corrected chi connectivity index (χ1v) is 7.56. The molecule has 1 heterocycles. The average Bonchev–Trinajstić information content (AvgIpc) is 2.46. The van der Waals surface area contributed by atoms with Crippen LogP contribution in [0.25, 0.3) is 0 Å². The highest BCUT2D eigenvalue weighted by Gasteiger charge is 2.07. The molecular formula is C13H12N2OS2. The van der Waals surface area contributed by atoms with Crippen LogP contribution in [-0.4, -0.2) is 27.8 Å². The topological polar surface area (TPSA) is 42.9 Å². The maximum Gasteiger partial charge on any atom is 0.173 e. The second-order valence-corrected chi connectivity index (χ2v) is 5.36. The van der Waals surface area contributed by atoms with E-state index >= 15 is 0 Å². The van der Waals surface area contributed by atoms with Crippen LogP contribution in [0, 0.1) is 0 Å². The fourth-order valence-corrected chi connectivity index (χ4v) is 2.48. The number of carbonyl (C=O) groups excluding carboxylic acids is 1. The zero-order valence-corrected chi connectivity index (χ0v) is 11.5. The highest BCUT2D eigenvalue weighted by Crippen LogP contribution is 2.18. The molecule has 92 valence electrons. The van der Waals surface area contributed by atoms with E-state index in [0.29, 0.717) is 5.75 Å². The van der Waals surface area contributed by atoms with Crippen LogP contribution in [0.5, 0.6) is 0 Å². The zero-order valence-electron chi connectivity index (χ0n) is 9.87. The minimum absolute atomic E-state index is 0.110. The largest absolute Gasteiger partial charge is 0.293 e. The quantitative estimate of drug-likeness (QED) is 0.620. The van der Waals surface area contributed by atoms with Gasteiger partial charge >= 0.3 is 0 Å². The highest BCUT2D eigenvalue weighted by molar-refractivity contribution is 8.00. The van der Waals surface area contributed by atoms with Gasteiger partial charge in [0.25, 0.3) is 0 Å². The molecule has 0 aliphatic rings. The SMILES string of the molecule is CSc1ccc(C(=O)CSc2cnccn2)cc1. The molecule has 0 N–H and O–H groups in total. The van der Waals surface area contributed by atoms with E-state index in [1.165, 1.54) is 11.8 Å². The summed E-state index contributed by atoms with van der Waals surface area (Å²) in [6.07, 6.45) is 6.92. The molecule has 18 heavy (non-hydrogen) atoms. The molecule has 1 aromatic carbocycles. The third-order valence-corrected chi connectivity index (χ3v) is 3.96. The predicted octanol–water partition coefficient (Wildman–Crippen LogP) is 3.17. The number of rotatable bonds is 5. The van der Waals surface area contributed by atoms with Gasteiger partial charge in [-0.3, -0.25) is 9.78 Å². The Labute approximate surface area is 114 Å². The van der Waals surface area contributed by atoms with E-state index in [0.717, 1.165) is 15.5 Å². The van der Waals surface area contributed by atoms with Crippen molar-refractivity contribution >= 4 is 29.3 Å². The lowest BCUT2D eigenvalue weighted by Gasteiger charge is -2.02. The molecule has 0 radical (unpaired) electrons. The molecule has 0 aliphatic carbocycles. The molecule has 0 aliphatic heterocycles. The van der Waals surface area contributed by atoms with Crippen molar-refractivity contribution < 1.29 is 4.79 Å². The van der Waals surface area contributed by atoms with Gasteiger partial charge in [0.2, 0.25) is 0 Å². The van der Waals surface area contributed by atoms with Gasteiger partial charge in [0.1, 0.15) is 5.03 Å². The zero-order chi connectivity index (χ0) is 12.8. The van der Waals surface area contributed by atoms with Crippen molar-refractivity contribution in [1.82, 2.24) is 9.97 Å². The number of Topliss-reactive ketones (excluding diaryl/α,β-unsaturated/α-hetero) is 1. The summed E-state index contributed by atoms with van der Waals surface area (Å²) in [7, 11) is 0. The number of nitrogens with zero attached hydrogens (tertiary/aromatic N) is 2. The molecule has 0 fully saturated rings. The van der Waals surface area contributed by atoms with Crippen LogP contribution in [-0.2, 0) is 0 Å². The van der Waals surface area contributed by atoms with Gasteiger partial charge in [-0.15, -0.1) is 11.8 Å². The Morgan fingerprint density at radius 1 is 1.22 bits per heavy atom. The Balaban J connectivity index is 1.95. The molecular weight excluding hydrogens is 264 g/mol. The van der Waals surface area contributed by atoms with Crippen LogP contribution in [0.15, 0.2) is 52.8 Å². The van der Waals surface area contributed by atoms with Gasteiger partial charge in [-0.1, -0.05) is 23.9 Å². The summed E-state index contributed by atoms with van der Waals surface area (Å²) in [5.74, 6) is 0.496. The van der Waals surface area contributed by atoms with Crippen molar-refractivity contribution in [1.29, 1.82) is 0 Å². The van der Waals surface area contributed by atoms with Gasteiger partial charge < -0.3 is 0 Å². The average molecular weight is 276 g/mol. The maximum atomic E-state index is 11.9. The van der Waals surface area contributed by atoms with Crippen molar-refractivity contribution in [3.8, 4) is 0 Å². The normalized spacial score (nSPS) is 10.3. The number of hydrogen-bond donors (Lipinski definition) is 0. The number of carbonyl (C=O) groups is 1. The molecule has 0 atom stereocenters. The molecule has 0 saturated carbocycles. The van der Waals surface area contributed by atoms with E-state index < -0.39 is 0 Å². The van der Waals surface area contributed by atoms with Crippen LogP contribution in [0.3, 0.4) is 0 Å². The summed E-state index contributed by atoms with van der Waals surface area (Å²) in [5.41, 5.74) is 0.740. The van der Waals surface area contributed by atoms with Gasteiger partial charge in [-0.2, -0.15) is 0 Å². The van der Waals surface area contributed by atoms with E-state index in [9.17, 15) is 4.79 Å². The summed E-state index contributed by atoms with van der Waals surface area (Å²) in [4.78, 5) is 21.2. The number of aromatic nitrogens is 2. The standard InChI is InChI=1S/C13H12N2OS2/c1-17-11-4-2-10(3-5-11)12(16)9-18-13-8-14-6-7-15-13/h2-8H,9H2,1H3. The summed E-state index contributed by atoms with van der Waals surface area (Å²) < 4.78 is 0. The second-order valence-electron chi connectivity index (χ2n) is 3.48. The molecule has 2 rings (SSSR count). The van der Waals surface area contributed by atoms with E-state index in [2.05, 4.69) is 9.97 Å². The van der Waals surface area contributed by atoms with Crippen molar-refractivity contribution in [3.05, 3.63) is 48.4 Å². The molecule has 0 amide bonds. The lowest BCUT2D eigenvalue weighted by molar-refractivity contribution is 0.102. The van der Waals surface area contributed by atoms with Gasteiger partial charge in [-0.05, 0) is 18.4 Å². The van der Waals surface area contributed by atoms with E-state index in [1.54, 1.807) is 30.4 Å². The van der Waals surface area contributed by atoms with Crippen LogP contribution in [0.1, 0.15) is 10.4 Å². The van der Waals surface area contributed by atoms with Crippen LogP contribution >= 0.6 is 23.5 Å². The second kappa shape index (κ2) is 6.56.